The van der Waals surface area contributed by atoms with Crippen molar-refractivity contribution in [3.05, 3.63) is 54.1 Å². The molecule has 1 heterocycles. The van der Waals surface area contributed by atoms with E-state index in [-0.39, 0.29) is 18.1 Å². The van der Waals surface area contributed by atoms with E-state index < -0.39 is 0 Å². The van der Waals surface area contributed by atoms with Gasteiger partial charge in [-0.05, 0) is 32.9 Å². The summed E-state index contributed by atoms with van der Waals surface area (Å²) in [4.78, 5) is 20.2. The van der Waals surface area contributed by atoms with Crippen LogP contribution in [0.4, 0.5) is 0 Å². The fourth-order valence-electron chi connectivity index (χ4n) is 1.72. The monoisotopic (exact) mass is 285 g/mol. The molecule has 0 saturated carbocycles. The highest BCUT2D eigenvalue weighted by molar-refractivity contribution is 5.92. The van der Waals surface area contributed by atoms with Crippen molar-refractivity contribution in [2.24, 2.45) is 0 Å². The number of benzene rings is 1. The van der Waals surface area contributed by atoms with Crippen molar-refractivity contribution in [1.29, 1.82) is 0 Å². The van der Waals surface area contributed by atoms with E-state index >= 15 is 0 Å². The van der Waals surface area contributed by atoms with Crippen molar-refractivity contribution >= 4 is 5.91 Å². The van der Waals surface area contributed by atoms with Gasteiger partial charge in [-0.1, -0.05) is 18.2 Å². The van der Waals surface area contributed by atoms with Gasteiger partial charge in [-0.25, -0.2) is 4.98 Å². The first kappa shape index (κ1) is 15.0. The minimum Gasteiger partial charge on any atom is -0.489 e. The standard InChI is InChI=1S/C16H19N3O2/c1-11-9-18-15(10-17-11)16(20)19-12(2)13(3)21-14-7-5-4-6-8-14/h4-10,12-13H,1-3H3,(H,19,20)/t12-,13-/m1/s1. The van der Waals surface area contributed by atoms with Gasteiger partial charge in [0.25, 0.3) is 5.91 Å². The number of carbonyl (C=O) groups is 1. The van der Waals surface area contributed by atoms with Gasteiger partial charge >= 0.3 is 0 Å². The number of hydrogen-bond acceptors (Lipinski definition) is 4. The number of rotatable bonds is 5. The zero-order chi connectivity index (χ0) is 15.2. The summed E-state index contributed by atoms with van der Waals surface area (Å²) >= 11 is 0. The summed E-state index contributed by atoms with van der Waals surface area (Å²) in [7, 11) is 0. The van der Waals surface area contributed by atoms with E-state index in [1.807, 2.05) is 51.1 Å². The molecule has 0 unspecified atom stereocenters. The van der Waals surface area contributed by atoms with Crippen molar-refractivity contribution in [1.82, 2.24) is 15.3 Å². The number of nitrogens with zero attached hydrogens (tertiary/aromatic N) is 2. The Morgan fingerprint density at radius 3 is 2.48 bits per heavy atom. The number of nitrogens with one attached hydrogen (secondary N) is 1. The lowest BCUT2D eigenvalue weighted by Gasteiger charge is -2.22. The van der Waals surface area contributed by atoms with Crippen LogP contribution in [-0.4, -0.2) is 28.0 Å². The Balaban J connectivity index is 1.92. The molecule has 1 aromatic heterocycles. The Kier molecular flexibility index (Phi) is 4.87. The Morgan fingerprint density at radius 1 is 1.14 bits per heavy atom. The van der Waals surface area contributed by atoms with Gasteiger partial charge in [0.15, 0.2) is 0 Å². The van der Waals surface area contributed by atoms with E-state index in [2.05, 4.69) is 15.3 Å². The van der Waals surface area contributed by atoms with E-state index in [9.17, 15) is 4.79 Å². The van der Waals surface area contributed by atoms with Crippen LogP contribution >= 0.6 is 0 Å². The van der Waals surface area contributed by atoms with Gasteiger partial charge < -0.3 is 10.1 Å². The fraction of sp³-hybridized carbons (Fsp3) is 0.312. The van der Waals surface area contributed by atoms with Crippen LogP contribution in [0.15, 0.2) is 42.7 Å². The molecule has 0 aliphatic carbocycles. The second-order valence-electron chi connectivity index (χ2n) is 4.94. The number of ether oxygens (including phenoxy) is 1. The molecule has 0 spiro atoms. The highest BCUT2D eigenvalue weighted by Gasteiger charge is 2.18. The van der Waals surface area contributed by atoms with Crippen molar-refractivity contribution < 1.29 is 9.53 Å². The lowest BCUT2D eigenvalue weighted by Crippen LogP contribution is -2.42. The molecule has 0 fully saturated rings. The summed E-state index contributed by atoms with van der Waals surface area (Å²) in [6, 6.07) is 9.37. The fourth-order valence-corrected chi connectivity index (χ4v) is 1.72. The summed E-state index contributed by atoms with van der Waals surface area (Å²) in [5, 5.41) is 2.87. The van der Waals surface area contributed by atoms with Crippen LogP contribution in [0.1, 0.15) is 30.0 Å². The van der Waals surface area contributed by atoms with E-state index in [1.165, 1.54) is 6.20 Å². The Labute approximate surface area is 124 Å². The summed E-state index contributed by atoms with van der Waals surface area (Å²) in [6.07, 6.45) is 2.89. The van der Waals surface area contributed by atoms with Crippen LogP contribution in [0.25, 0.3) is 0 Å². The topological polar surface area (TPSA) is 64.1 Å². The first-order valence-electron chi connectivity index (χ1n) is 6.87. The van der Waals surface area contributed by atoms with Crippen LogP contribution in [0.3, 0.4) is 0 Å². The van der Waals surface area contributed by atoms with E-state index in [0.29, 0.717) is 5.69 Å². The molecule has 0 saturated heterocycles. The maximum absolute atomic E-state index is 12.1. The third kappa shape index (κ3) is 4.27. The van der Waals surface area contributed by atoms with Crippen LogP contribution < -0.4 is 10.1 Å². The predicted molar refractivity (Wildman–Crippen MR) is 80.2 cm³/mol. The normalized spacial score (nSPS) is 13.3. The molecule has 2 aromatic rings. The zero-order valence-corrected chi connectivity index (χ0v) is 12.4. The van der Waals surface area contributed by atoms with Crippen molar-refractivity contribution in [3.63, 3.8) is 0 Å². The Hall–Kier alpha value is -2.43. The summed E-state index contributed by atoms with van der Waals surface area (Å²) < 4.78 is 5.78. The van der Waals surface area contributed by atoms with Crippen molar-refractivity contribution in [3.8, 4) is 5.75 Å². The summed E-state index contributed by atoms with van der Waals surface area (Å²) in [5.41, 5.74) is 1.08. The first-order chi connectivity index (χ1) is 10.1. The molecule has 2 rings (SSSR count). The molecule has 2 atom stereocenters. The molecule has 0 aliphatic rings. The van der Waals surface area contributed by atoms with Gasteiger partial charge in [0, 0.05) is 6.20 Å². The van der Waals surface area contributed by atoms with Crippen LogP contribution in [0.2, 0.25) is 0 Å². The third-order valence-electron chi connectivity index (χ3n) is 3.14. The highest BCUT2D eigenvalue weighted by Crippen LogP contribution is 2.12. The number of aryl methyl sites for hydroxylation is 1. The molecule has 5 heteroatoms. The average molecular weight is 285 g/mol. The third-order valence-corrected chi connectivity index (χ3v) is 3.14. The molecule has 0 bridgehead atoms. The SMILES string of the molecule is Cc1cnc(C(=O)N[C@H](C)[C@@H](C)Oc2ccccc2)cn1. The minimum atomic E-state index is -0.251. The van der Waals surface area contributed by atoms with Crippen LogP contribution in [0.5, 0.6) is 5.75 Å². The molecular weight excluding hydrogens is 266 g/mol. The molecule has 0 aliphatic heterocycles. The van der Waals surface area contributed by atoms with Gasteiger partial charge in [-0.15, -0.1) is 0 Å². The Morgan fingerprint density at radius 2 is 1.86 bits per heavy atom. The molecule has 1 amide bonds. The van der Waals surface area contributed by atoms with Gasteiger partial charge in [-0.3, -0.25) is 9.78 Å². The van der Waals surface area contributed by atoms with E-state index in [0.717, 1.165) is 11.4 Å². The summed E-state index contributed by atoms with van der Waals surface area (Å²) in [6.45, 7) is 5.64. The van der Waals surface area contributed by atoms with Gasteiger partial charge in [0.2, 0.25) is 0 Å². The molecule has 1 N–H and O–H groups in total. The highest BCUT2D eigenvalue weighted by atomic mass is 16.5. The Bertz CT molecular complexity index is 584. The van der Waals surface area contributed by atoms with Crippen LogP contribution in [0, 0.1) is 6.92 Å². The van der Waals surface area contributed by atoms with Gasteiger partial charge in [0.05, 0.1) is 17.9 Å². The lowest BCUT2D eigenvalue weighted by molar-refractivity contribution is 0.0888. The zero-order valence-electron chi connectivity index (χ0n) is 12.4. The molecule has 0 radical (unpaired) electrons. The largest absolute Gasteiger partial charge is 0.489 e. The molecule has 21 heavy (non-hydrogen) atoms. The van der Waals surface area contributed by atoms with Crippen molar-refractivity contribution in [2.45, 2.75) is 32.9 Å². The molecule has 5 nitrogen and oxygen atoms in total. The predicted octanol–water partition coefficient (Wildman–Crippen LogP) is 2.37. The number of aromatic nitrogens is 2. The van der Waals surface area contributed by atoms with Gasteiger partial charge in [-0.2, -0.15) is 0 Å². The minimum absolute atomic E-state index is 0.152. The smallest absolute Gasteiger partial charge is 0.271 e. The number of carbonyl (C=O) groups excluding carboxylic acids is 1. The molecule has 1 aromatic carbocycles. The maximum Gasteiger partial charge on any atom is 0.271 e. The van der Waals surface area contributed by atoms with Gasteiger partial charge in [0.1, 0.15) is 17.5 Å². The number of amides is 1. The second-order valence-corrected chi connectivity index (χ2v) is 4.94. The number of hydrogen-bond donors (Lipinski definition) is 1. The average Bonchev–Trinajstić information content (AvgIpc) is 2.48. The lowest BCUT2D eigenvalue weighted by atomic mass is 10.2. The maximum atomic E-state index is 12.1. The molecular formula is C16H19N3O2. The first-order valence-corrected chi connectivity index (χ1v) is 6.87. The van der Waals surface area contributed by atoms with E-state index in [4.69, 9.17) is 4.74 Å². The quantitative estimate of drug-likeness (QED) is 0.916. The number of para-hydroxylation sites is 1. The second kappa shape index (κ2) is 6.83. The van der Waals surface area contributed by atoms with E-state index in [1.54, 1.807) is 6.20 Å². The summed E-state index contributed by atoms with van der Waals surface area (Å²) in [5.74, 6) is 0.528. The molecule has 110 valence electrons. The van der Waals surface area contributed by atoms with Crippen molar-refractivity contribution in [2.75, 3.05) is 0 Å². The van der Waals surface area contributed by atoms with Crippen LogP contribution in [-0.2, 0) is 0 Å².